The lowest BCUT2D eigenvalue weighted by molar-refractivity contribution is -0.139. The van der Waals surface area contributed by atoms with Gasteiger partial charge in [-0.2, -0.15) is 5.10 Å². The molecule has 0 aromatic carbocycles. The van der Waals surface area contributed by atoms with E-state index >= 15 is 0 Å². The number of carbonyl (C=O) groups excluding carboxylic acids is 1. The molecule has 0 aliphatic carbocycles. The Morgan fingerprint density at radius 2 is 2.11 bits per heavy atom. The van der Waals surface area contributed by atoms with Crippen LogP contribution >= 0.6 is 0 Å². The van der Waals surface area contributed by atoms with Crippen molar-refractivity contribution in [2.24, 2.45) is 13.0 Å². The standard InChI is InChI=1S/C12H19N3O3/c1-7(2)5-10(12(17)18)13-11(16)9-6-15(4)14-8(9)3/h6-7,10H,5H2,1-4H3,(H,13,16)(H,17,18)/t10-/m1/s1. The second kappa shape index (κ2) is 5.66. The largest absolute Gasteiger partial charge is 0.480 e. The predicted octanol–water partition coefficient (Wildman–Crippen LogP) is 0.958. The van der Waals surface area contributed by atoms with Crippen LogP contribution in [0.5, 0.6) is 0 Å². The van der Waals surface area contributed by atoms with Gasteiger partial charge in [0.25, 0.3) is 5.91 Å². The lowest BCUT2D eigenvalue weighted by Gasteiger charge is -2.16. The summed E-state index contributed by atoms with van der Waals surface area (Å²) in [7, 11) is 1.71. The van der Waals surface area contributed by atoms with Gasteiger partial charge in [-0.25, -0.2) is 4.79 Å². The van der Waals surface area contributed by atoms with Crippen LogP contribution in [0.1, 0.15) is 36.3 Å². The van der Waals surface area contributed by atoms with Gasteiger partial charge in [0.15, 0.2) is 0 Å². The highest BCUT2D eigenvalue weighted by Gasteiger charge is 2.23. The van der Waals surface area contributed by atoms with E-state index in [1.54, 1.807) is 20.2 Å². The Balaban J connectivity index is 2.78. The molecule has 100 valence electrons. The number of aromatic nitrogens is 2. The molecule has 0 saturated carbocycles. The molecule has 0 saturated heterocycles. The minimum atomic E-state index is -1.02. The average molecular weight is 253 g/mol. The summed E-state index contributed by atoms with van der Waals surface area (Å²) in [5.41, 5.74) is 0.996. The van der Waals surface area contributed by atoms with E-state index in [4.69, 9.17) is 5.11 Å². The van der Waals surface area contributed by atoms with Crippen LogP contribution in [0.4, 0.5) is 0 Å². The minimum Gasteiger partial charge on any atom is -0.480 e. The van der Waals surface area contributed by atoms with Crippen molar-refractivity contribution in [1.29, 1.82) is 0 Å². The number of rotatable bonds is 5. The monoisotopic (exact) mass is 253 g/mol. The van der Waals surface area contributed by atoms with Crippen LogP contribution in [0.25, 0.3) is 0 Å². The Bertz CT molecular complexity index is 451. The molecule has 0 aliphatic heterocycles. The molecule has 1 atom stereocenters. The lowest BCUT2D eigenvalue weighted by atomic mass is 10.0. The van der Waals surface area contributed by atoms with Gasteiger partial charge >= 0.3 is 5.97 Å². The van der Waals surface area contributed by atoms with E-state index in [0.717, 1.165) is 0 Å². The molecule has 2 N–H and O–H groups in total. The van der Waals surface area contributed by atoms with E-state index < -0.39 is 17.9 Å². The molecular weight excluding hydrogens is 234 g/mol. The van der Waals surface area contributed by atoms with Gasteiger partial charge in [-0.1, -0.05) is 13.8 Å². The summed E-state index contributed by atoms with van der Waals surface area (Å²) in [4.78, 5) is 23.0. The fourth-order valence-electron chi connectivity index (χ4n) is 1.75. The molecule has 6 heteroatoms. The van der Waals surface area contributed by atoms with Crippen molar-refractivity contribution in [3.8, 4) is 0 Å². The van der Waals surface area contributed by atoms with Crippen LogP contribution in [0.3, 0.4) is 0 Å². The third-order valence-corrected chi connectivity index (χ3v) is 2.57. The first-order valence-electron chi connectivity index (χ1n) is 5.85. The number of carbonyl (C=O) groups is 2. The Morgan fingerprint density at radius 3 is 2.50 bits per heavy atom. The quantitative estimate of drug-likeness (QED) is 0.818. The van der Waals surface area contributed by atoms with Crippen molar-refractivity contribution in [3.63, 3.8) is 0 Å². The van der Waals surface area contributed by atoms with E-state index in [2.05, 4.69) is 10.4 Å². The van der Waals surface area contributed by atoms with E-state index in [1.165, 1.54) is 4.68 Å². The Hall–Kier alpha value is -1.85. The first-order valence-corrected chi connectivity index (χ1v) is 5.85. The number of carboxylic acids is 1. The second-order valence-electron chi connectivity index (χ2n) is 4.80. The van der Waals surface area contributed by atoms with Crippen LogP contribution in [0, 0.1) is 12.8 Å². The van der Waals surface area contributed by atoms with Gasteiger partial charge in [0.05, 0.1) is 11.3 Å². The van der Waals surface area contributed by atoms with Gasteiger partial charge in [-0.3, -0.25) is 9.48 Å². The van der Waals surface area contributed by atoms with Crippen LogP contribution < -0.4 is 5.32 Å². The molecule has 6 nitrogen and oxygen atoms in total. The molecule has 0 aliphatic rings. The molecule has 0 radical (unpaired) electrons. The van der Waals surface area contributed by atoms with E-state index in [0.29, 0.717) is 17.7 Å². The fraction of sp³-hybridized carbons (Fsp3) is 0.583. The molecule has 0 fully saturated rings. The zero-order valence-electron chi connectivity index (χ0n) is 11.1. The number of carboxylic acid groups (broad SMARTS) is 1. The number of amides is 1. The molecule has 1 amide bonds. The molecular formula is C12H19N3O3. The highest BCUT2D eigenvalue weighted by atomic mass is 16.4. The molecule has 0 unspecified atom stereocenters. The average Bonchev–Trinajstić information content (AvgIpc) is 2.56. The molecule has 0 spiro atoms. The summed E-state index contributed by atoms with van der Waals surface area (Å²) in [6, 6.07) is -0.864. The van der Waals surface area contributed by atoms with Crippen molar-refractivity contribution in [2.75, 3.05) is 0 Å². The Labute approximate surface area is 106 Å². The second-order valence-corrected chi connectivity index (χ2v) is 4.80. The third kappa shape index (κ3) is 3.58. The maximum absolute atomic E-state index is 11.9. The van der Waals surface area contributed by atoms with Crippen molar-refractivity contribution in [3.05, 3.63) is 17.5 Å². The molecule has 0 bridgehead atoms. The zero-order valence-corrected chi connectivity index (χ0v) is 11.1. The van der Waals surface area contributed by atoms with Gasteiger partial charge < -0.3 is 10.4 Å². The van der Waals surface area contributed by atoms with Crippen LogP contribution in [0.2, 0.25) is 0 Å². The molecule has 1 aromatic heterocycles. The smallest absolute Gasteiger partial charge is 0.326 e. The van der Waals surface area contributed by atoms with Gasteiger partial charge in [-0.05, 0) is 19.3 Å². The van der Waals surface area contributed by atoms with Crippen LogP contribution in [0.15, 0.2) is 6.20 Å². The highest BCUT2D eigenvalue weighted by Crippen LogP contribution is 2.08. The number of aliphatic carboxylic acids is 1. The summed E-state index contributed by atoms with van der Waals surface area (Å²) < 4.78 is 1.53. The maximum Gasteiger partial charge on any atom is 0.326 e. The summed E-state index contributed by atoms with van der Waals surface area (Å²) in [5, 5.41) is 15.6. The molecule has 1 heterocycles. The topological polar surface area (TPSA) is 84.2 Å². The van der Waals surface area contributed by atoms with Gasteiger partial charge in [0.2, 0.25) is 0 Å². The normalized spacial score (nSPS) is 12.5. The Morgan fingerprint density at radius 1 is 1.50 bits per heavy atom. The van der Waals surface area contributed by atoms with Crippen molar-refractivity contribution in [1.82, 2.24) is 15.1 Å². The summed E-state index contributed by atoms with van der Waals surface area (Å²) >= 11 is 0. The number of nitrogens with zero attached hydrogens (tertiary/aromatic N) is 2. The summed E-state index contributed by atoms with van der Waals surface area (Å²) in [6.07, 6.45) is 1.99. The lowest BCUT2D eigenvalue weighted by Crippen LogP contribution is -2.41. The fourth-order valence-corrected chi connectivity index (χ4v) is 1.75. The number of nitrogens with one attached hydrogen (secondary N) is 1. The van der Waals surface area contributed by atoms with Crippen LogP contribution in [-0.4, -0.2) is 32.8 Å². The highest BCUT2D eigenvalue weighted by molar-refractivity contribution is 5.97. The first-order chi connectivity index (χ1) is 8.31. The zero-order chi connectivity index (χ0) is 13.9. The first kappa shape index (κ1) is 14.2. The SMILES string of the molecule is Cc1nn(C)cc1C(=O)N[C@H](CC(C)C)C(=O)O. The maximum atomic E-state index is 11.9. The van der Waals surface area contributed by atoms with E-state index in [1.807, 2.05) is 13.8 Å². The minimum absolute atomic E-state index is 0.196. The van der Waals surface area contributed by atoms with Crippen molar-refractivity contribution >= 4 is 11.9 Å². The molecule has 1 aromatic rings. The Kier molecular flexibility index (Phi) is 4.47. The number of hydrogen-bond acceptors (Lipinski definition) is 3. The molecule has 18 heavy (non-hydrogen) atoms. The van der Waals surface area contributed by atoms with E-state index in [-0.39, 0.29) is 5.92 Å². The van der Waals surface area contributed by atoms with Gasteiger partial charge in [0.1, 0.15) is 6.04 Å². The van der Waals surface area contributed by atoms with E-state index in [9.17, 15) is 9.59 Å². The number of hydrogen-bond donors (Lipinski definition) is 2. The number of aryl methyl sites for hydroxylation is 2. The third-order valence-electron chi connectivity index (χ3n) is 2.57. The summed E-state index contributed by atoms with van der Waals surface area (Å²) in [5.74, 6) is -1.21. The van der Waals surface area contributed by atoms with Crippen molar-refractivity contribution in [2.45, 2.75) is 33.2 Å². The predicted molar refractivity (Wildman–Crippen MR) is 66.3 cm³/mol. The van der Waals surface area contributed by atoms with Gasteiger partial charge in [0, 0.05) is 13.2 Å². The summed E-state index contributed by atoms with van der Waals surface area (Å²) in [6.45, 7) is 5.54. The van der Waals surface area contributed by atoms with Crippen molar-refractivity contribution < 1.29 is 14.7 Å². The molecule has 1 rings (SSSR count). The van der Waals surface area contributed by atoms with Crippen LogP contribution in [-0.2, 0) is 11.8 Å². The van der Waals surface area contributed by atoms with Gasteiger partial charge in [-0.15, -0.1) is 0 Å².